The molecule has 1 aromatic heterocycles. The smallest absolute Gasteiger partial charge is 0.258 e. The van der Waals surface area contributed by atoms with E-state index in [9.17, 15) is 4.79 Å². The Kier molecular flexibility index (Phi) is 4.44. The van der Waals surface area contributed by atoms with Gasteiger partial charge in [-0.2, -0.15) is 0 Å². The summed E-state index contributed by atoms with van der Waals surface area (Å²) in [6.45, 7) is 4.41. The molecule has 132 valence electrons. The van der Waals surface area contributed by atoms with Crippen molar-refractivity contribution in [2.75, 3.05) is 16.8 Å². The van der Waals surface area contributed by atoms with E-state index >= 15 is 0 Å². The number of nitrogens with zero attached hydrogens (tertiary/aromatic N) is 3. The van der Waals surface area contributed by atoms with Crippen LogP contribution in [0.5, 0.6) is 0 Å². The molecule has 5 nitrogen and oxygen atoms in total. The molecule has 4 rings (SSSR count). The summed E-state index contributed by atoms with van der Waals surface area (Å²) in [7, 11) is 0. The number of fused-ring (bicyclic) bond motifs is 1. The van der Waals surface area contributed by atoms with Crippen molar-refractivity contribution in [1.82, 2.24) is 9.55 Å². The third kappa shape index (κ3) is 3.08. The van der Waals surface area contributed by atoms with Crippen LogP contribution < -0.4 is 10.2 Å². The van der Waals surface area contributed by atoms with Gasteiger partial charge in [-0.15, -0.1) is 0 Å². The number of imidazole rings is 1. The van der Waals surface area contributed by atoms with Crippen molar-refractivity contribution in [3.63, 3.8) is 0 Å². The van der Waals surface area contributed by atoms with Gasteiger partial charge in [0.25, 0.3) is 5.91 Å². The molecule has 0 fully saturated rings. The van der Waals surface area contributed by atoms with Crippen LogP contribution >= 0.6 is 0 Å². The molecule has 0 atom stereocenters. The number of rotatable bonds is 5. The van der Waals surface area contributed by atoms with Crippen LogP contribution in [0.2, 0.25) is 0 Å². The van der Waals surface area contributed by atoms with E-state index in [4.69, 9.17) is 0 Å². The summed E-state index contributed by atoms with van der Waals surface area (Å²) in [6.07, 6.45) is 4.72. The average Bonchev–Trinajstić information content (AvgIpc) is 3.32. The first-order valence-corrected chi connectivity index (χ1v) is 9.00. The number of benzene rings is 2. The topological polar surface area (TPSA) is 50.2 Å². The molecule has 0 saturated heterocycles. The highest BCUT2D eigenvalue weighted by Crippen LogP contribution is 2.29. The van der Waals surface area contributed by atoms with Crippen LogP contribution in [-0.2, 0) is 19.5 Å². The molecular formula is C21H22N4O. The van der Waals surface area contributed by atoms with Crippen LogP contribution in [0.1, 0.15) is 28.7 Å². The minimum Gasteiger partial charge on any atom is -0.378 e. The minimum absolute atomic E-state index is 0.0584. The maximum Gasteiger partial charge on any atom is 0.258 e. The van der Waals surface area contributed by atoms with Crippen LogP contribution in [0, 0.1) is 0 Å². The molecule has 0 spiro atoms. The Morgan fingerprint density at radius 3 is 2.77 bits per heavy atom. The van der Waals surface area contributed by atoms with Gasteiger partial charge in [0, 0.05) is 42.4 Å². The number of aryl methyl sites for hydroxylation is 1. The first kappa shape index (κ1) is 16.4. The Morgan fingerprint density at radius 2 is 1.96 bits per heavy atom. The summed E-state index contributed by atoms with van der Waals surface area (Å²) in [4.78, 5) is 19.1. The van der Waals surface area contributed by atoms with Crippen molar-refractivity contribution in [3.8, 4) is 0 Å². The molecule has 0 bridgehead atoms. The quantitative estimate of drug-likeness (QED) is 0.766. The van der Waals surface area contributed by atoms with E-state index in [1.807, 2.05) is 59.8 Å². The lowest BCUT2D eigenvalue weighted by atomic mass is 10.1. The van der Waals surface area contributed by atoms with Gasteiger partial charge in [-0.05, 0) is 49.2 Å². The van der Waals surface area contributed by atoms with Gasteiger partial charge in [-0.25, -0.2) is 4.98 Å². The standard InChI is InChI=1S/C21H22N4O/c1-2-24-14-12-22-20(24)15-23-18-9-7-17(8-10-18)21(26)25-13-11-16-5-3-4-6-19(16)25/h3-10,12,14,23H,2,11,13,15H2,1H3. The molecule has 1 aliphatic heterocycles. The normalized spacial score (nSPS) is 12.9. The van der Waals surface area contributed by atoms with Gasteiger partial charge in [0.2, 0.25) is 0 Å². The second-order valence-corrected chi connectivity index (χ2v) is 6.40. The minimum atomic E-state index is 0.0584. The second kappa shape index (κ2) is 7.04. The number of anilines is 2. The first-order valence-electron chi connectivity index (χ1n) is 9.00. The molecule has 0 unspecified atom stereocenters. The van der Waals surface area contributed by atoms with E-state index < -0.39 is 0 Å². The molecular weight excluding hydrogens is 324 g/mol. The fourth-order valence-corrected chi connectivity index (χ4v) is 3.41. The predicted octanol–water partition coefficient (Wildman–Crippen LogP) is 3.72. The van der Waals surface area contributed by atoms with Crippen molar-refractivity contribution in [2.45, 2.75) is 26.4 Å². The Balaban J connectivity index is 1.44. The van der Waals surface area contributed by atoms with Crippen molar-refractivity contribution < 1.29 is 4.79 Å². The van der Waals surface area contributed by atoms with E-state index in [2.05, 4.69) is 27.9 Å². The van der Waals surface area contributed by atoms with E-state index in [-0.39, 0.29) is 5.91 Å². The number of nitrogens with one attached hydrogen (secondary N) is 1. The number of para-hydroxylation sites is 1. The van der Waals surface area contributed by atoms with E-state index in [1.165, 1.54) is 5.56 Å². The third-order valence-corrected chi connectivity index (χ3v) is 4.86. The summed E-state index contributed by atoms with van der Waals surface area (Å²) >= 11 is 0. The zero-order valence-electron chi connectivity index (χ0n) is 14.9. The molecule has 1 amide bonds. The fourth-order valence-electron chi connectivity index (χ4n) is 3.41. The molecule has 0 saturated carbocycles. The first-order chi connectivity index (χ1) is 12.8. The van der Waals surface area contributed by atoms with Crippen LogP contribution in [0.25, 0.3) is 0 Å². The Hall–Kier alpha value is -3.08. The summed E-state index contributed by atoms with van der Waals surface area (Å²) < 4.78 is 2.11. The number of hydrogen-bond donors (Lipinski definition) is 1. The lowest BCUT2D eigenvalue weighted by Gasteiger charge is -2.17. The molecule has 1 N–H and O–H groups in total. The van der Waals surface area contributed by atoms with Gasteiger partial charge in [0.1, 0.15) is 5.82 Å². The van der Waals surface area contributed by atoms with Crippen molar-refractivity contribution >= 4 is 17.3 Å². The van der Waals surface area contributed by atoms with Gasteiger partial charge in [-0.1, -0.05) is 18.2 Å². The molecule has 2 aromatic carbocycles. The highest BCUT2D eigenvalue weighted by molar-refractivity contribution is 6.07. The van der Waals surface area contributed by atoms with Gasteiger partial charge in [-0.3, -0.25) is 4.79 Å². The number of hydrogen-bond acceptors (Lipinski definition) is 3. The van der Waals surface area contributed by atoms with Crippen molar-refractivity contribution in [1.29, 1.82) is 0 Å². The van der Waals surface area contributed by atoms with E-state index in [0.717, 1.165) is 36.7 Å². The summed E-state index contributed by atoms with van der Waals surface area (Å²) in [6, 6.07) is 15.8. The molecule has 1 aliphatic rings. The maximum absolute atomic E-state index is 12.8. The molecule has 0 aliphatic carbocycles. The molecule has 26 heavy (non-hydrogen) atoms. The Bertz CT molecular complexity index is 914. The van der Waals surface area contributed by atoms with Crippen LogP contribution in [0.3, 0.4) is 0 Å². The largest absolute Gasteiger partial charge is 0.378 e. The third-order valence-electron chi connectivity index (χ3n) is 4.86. The lowest BCUT2D eigenvalue weighted by molar-refractivity contribution is 0.0989. The zero-order chi connectivity index (χ0) is 17.9. The highest BCUT2D eigenvalue weighted by atomic mass is 16.2. The number of carbonyl (C=O) groups excluding carboxylic acids is 1. The number of carbonyl (C=O) groups is 1. The Labute approximate surface area is 153 Å². The number of aromatic nitrogens is 2. The number of amides is 1. The zero-order valence-corrected chi connectivity index (χ0v) is 14.9. The van der Waals surface area contributed by atoms with Gasteiger partial charge >= 0.3 is 0 Å². The monoisotopic (exact) mass is 346 g/mol. The predicted molar refractivity (Wildman–Crippen MR) is 103 cm³/mol. The van der Waals surface area contributed by atoms with Gasteiger partial charge in [0.05, 0.1) is 6.54 Å². The van der Waals surface area contributed by atoms with E-state index in [1.54, 1.807) is 0 Å². The highest BCUT2D eigenvalue weighted by Gasteiger charge is 2.24. The molecule has 3 aromatic rings. The SMILES string of the molecule is CCn1ccnc1CNc1ccc(C(=O)N2CCc3ccccc32)cc1. The van der Waals surface area contributed by atoms with Gasteiger partial charge < -0.3 is 14.8 Å². The second-order valence-electron chi connectivity index (χ2n) is 6.40. The van der Waals surface area contributed by atoms with Crippen molar-refractivity contribution in [3.05, 3.63) is 77.9 Å². The van der Waals surface area contributed by atoms with Crippen LogP contribution in [0.15, 0.2) is 60.9 Å². The van der Waals surface area contributed by atoms with Gasteiger partial charge in [0.15, 0.2) is 0 Å². The lowest BCUT2D eigenvalue weighted by Crippen LogP contribution is -2.28. The van der Waals surface area contributed by atoms with E-state index in [0.29, 0.717) is 12.1 Å². The Morgan fingerprint density at radius 1 is 1.15 bits per heavy atom. The fraction of sp³-hybridized carbons (Fsp3) is 0.238. The van der Waals surface area contributed by atoms with Crippen LogP contribution in [0.4, 0.5) is 11.4 Å². The molecule has 0 radical (unpaired) electrons. The summed E-state index contributed by atoms with van der Waals surface area (Å²) in [5, 5.41) is 3.36. The maximum atomic E-state index is 12.8. The average molecular weight is 346 g/mol. The van der Waals surface area contributed by atoms with Crippen LogP contribution in [-0.4, -0.2) is 22.0 Å². The molecule has 5 heteroatoms. The summed E-state index contributed by atoms with van der Waals surface area (Å²) in [5.74, 6) is 1.06. The molecule has 2 heterocycles. The summed E-state index contributed by atoms with van der Waals surface area (Å²) in [5.41, 5.74) is 3.97. The van der Waals surface area contributed by atoms with Crippen molar-refractivity contribution in [2.24, 2.45) is 0 Å².